The molecule has 150 valence electrons. The monoisotopic (exact) mass is 368 g/mol. The highest BCUT2D eigenvalue weighted by Gasteiger charge is 2.52. The van der Waals surface area contributed by atoms with Crippen LogP contribution in [0.4, 0.5) is 0 Å². The topological polar surface area (TPSA) is 6.48 Å². The predicted molar refractivity (Wildman–Crippen MR) is 114 cm³/mol. The molecular weight excluding hydrogens is 328 g/mol. The molecule has 0 aromatic rings. The molecule has 1 saturated heterocycles. The molecule has 4 atom stereocenters. The van der Waals surface area contributed by atoms with E-state index in [1.54, 1.807) is 11.1 Å². The second-order valence-corrected chi connectivity index (χ2v) is 11.5. The highest BCUT2D eigenvalue weighted by atomic mass is 15.2. The van der Waals surface area contributed by atoms with Gasteiger partial charge in [0.1, 0.15) is 0 Å². The van der Waals surface area contributed by atoms with Gasteiger partial charge in [0.2, 0.25) is 0 Å². The van der Waals surface area contributed by atoms with Crippen molar-refractivity contribution in [2.45, 2.75) is 59.8 Å². The molecule has 7 rings (SSSR count). The first kappa shape index (κ1) is 18.4. The van der Waals surface area contributed by atoms with Gasteiger partial charge in [-0.1, -0.05) is 51.0 Å². The van der Waals surface area contributed by atoms with E-state index >= 15 is 0 Å². The molecule has 0 aromatic heterocycles. The van der Waals surface area contributed by atoms with Crippen LogP contribution in [0.3, 0.4) is 0 Å². The molecule has 7 aliphatic rings. The minimum absolute atomic E-state index is 0.572. The molecule has 1 heterocycles. The van der Waals surface area contributed by atoms with Crippen molar-refractivity contribution >= 4 is 0 Å². The summed E-state index contributed by atoms with van der Waals surface area (Å²) in [5.41, 5.74) is 4.69. The molecule has 0 N–H and O–H groups in total. The fraction of sp³-hybridized carbons (Fsp3) is 0.840. The first-order valence-corrected chi connectivity index (χ1v) is 11.7. The molecule has 2 saturated carbocycles. The smallest absolute Gasteiger partial charge is 0.0196 e. The largest absolute Gasteiger partial charge is 0.298 e. The molecule has 0 amide bonds. The normalized spacial score (nSPS) is 40.3. The molecule has 0 radical (unpaired) electrons. The number of fused-ring (bicyclic) bond motifs is 2. The second kappa shape index (κ2) is 6.46. The summed E-state index contributed by atoms with van der Waals surface area (Å²) in [7, 11) is 0. The van der Waals surface area contributed by atoms with Crippen LogP contribution in [0.2, 0.25) is 0 Å². The Hall–Kier alpha value is -0.600. The van der Waals surface area contributed by atoms with Gasteiger partial charge in [-0.25, -0.2) is 0 Å². The van der Waals surface area contributed by atoms with Crippen molar-refractivity contribution in [2.75, 3.05) is 39.3 Å². The lowest BCUT2D eigenvalue weighted by Crippen LogP contribution is -2.50. The first-order chi connectivity index (χ1) is 12.9. The first-order valence-electron chi connectivity index (χ1n) is 11.7. The van der Waals surface area contributed by atoms with E-state index < -0.39 is 0 Å². The van der Waals surface area contributed by atoms with E-state index in [0.29, 0.717) is 10.8 Å². The summed E-state index contributed by atoms with van der Waals surface area (Å²) >= 11 is 0. The van der Waals surface area contributed by atoms with Gasteiger partial charge < -0.3 is 0 Å². The van der Waals surface area contributed by atoms with Crippen LogP contribution in [-0.4, -0.2) is 49.1 Å². The van der Waals surface area contributed by atoms with Crippen molar-refractivity contribution in [3.8, 4) is 0 Å². The number of hydrogen-bond donors (Lipinski definition) is 0. The Morgan fingerprint density at radius 1 is 0.741 bits per heavy atom. The summed E-state index contributed by atoms with van der Waals surface area (Å²) in [5, 5.41) is 0. The molecular formula is C25H40N2. The van der Waals surface area contributed by atoms with Crippen molar-refractivity contribution in [1.29, 1.82) is 0 Å². The molecule has 27 heavy (non-hydrogen) atoms. The van der Waals surface area contributed by atoms with Crippen molar-refractivity contribution in [1.82, 2.24) is 9.80 Å². The van der Waals surface area contributed by atoms with E-state index in [1.807, 2.05) is 0 Å². The van der Waals surface area contributed by atoms with Gasteiger partial charge >= 0.3 is 0 Å². The Morgan fingerprint density at radius 3 is 1.56 bits per heavy atom. The minimum Gasteiger partial charge on any atom is -0.298 e. The lowest BCUT2D eigenvalue weighted by atomic mass is 9.49. The number of rotatable bonds is 4. The molecule has 0 unspecified atom stereocenters. The highest BCUT2D eigenvalue weighted by molar-refractivity contribution is 5.25. The molecule has 2 heteroatoms. The zero-order valence-corrected chi connectivity index (χ0v) is 18.1. The Bertz CT molecular complexity index is 599. The van der Waals surface area contributed by atoms with Crippen LogP contribution in [0.5, 0.6) is 0 Å². The summed E-state index contributed by atoms with van der Waals surface area (Å²) in [6.45, 7) is 17.6. The van der Waals surface area contributed by atoms with E-state index in [-0.39, 0.29) is 0 Å². The van der Waals surface area contributed by atoms with Gasteiger partial charge in [-0.05, 0) is 79.7 Å². The van der Waals surface area contributed by atoms with E-state index in [9.17, 15) is 0 Å². The Kier molecular flexibility index (Phi) is 4.41. The van der Waals surface area contributed by atoms with Gasteiger partial charge in [-0.15, -0.1) is 0 Å². The van der Waals surface area contributed by atoms with Gasteiger partial charge in [0.05, 0.1) is 0 Å². The maximum atomic E-state index is 2.76. The maximum Gasteiger partial charge on any atom is 0.0196 e. The van der Waals surface area contributed by atoms with Crippen LogP contribution >= 0.6 is 0 Å². The Labute approximate surface area is 167 Å². The van der Waals surface area contributed by atoms with Crippen molar-refractivity contribution in [3.63, 3.8) is 0 Å². The van der Waals surface area contributed by atoms with E-state index in [2.05, 4.69) is 49.6 Å². The third-order valence-electron chi connectivity index (χ3n) is 9.66. The third-order valence-corrected chi connectivity index (χ3v) is 9.66. The summed E-state index contributed by atoms with van der Waals surface area (Å²) in [6.07, 6.45) is 12.2. The van der Waals surface area contributed by atoms with Crippen LogP contribution in [0, 0.1) is 34.5 Å². The highest BCUT2D eigenvalue weighted by Crippen LogP contribution is 2.60. The van der Waals surface area contributed by atoms with Crippen molar-refractivity contribution in [3.05, 3.63) is 23.3 Å². The number of nitrogens with zero attached hydrogens (tertiary/aromatic N) is 2. The molecule has 2 nitrogen and oxygen atoms in total. The zero-order chi connectivity index (χ0) is 18.8. The molecule has 6 aliphatic carbocycles. The lowest BCUT2D eigenvalue weighted by molar-refractivity contribution is -0.0113. The molecule has 0 aromatic carbocycles. The maximum absolute atomic E-state index is 2.76. The van der Waals surface area contributed by atoms with E-state index in [1.165, 1.54) is 71.4 Å². The SMILES string of the molecule is CC1(C)[C@H]2CC=C(CN3CCCN(CC4=CC[C@H]5C[C@@H]4C5(C)C)CC3)[C@@H]1C2. The van der Waals surface area contributed by atoms with Crippen LogP contribution in [0.15, 0.2) is 23.3 Å². The second-order valence-electron chi connectivity index (χ2n) is 11.5. The van der Waals surface area contributed by atoms with Gasteiger partial charge in [-0.3, -0.25) is 9.80 Å². The lowest BCUT2D eigenvalue weighted by Gasteiger charge is -2.57. The predicted octanol–water partition coefficient (Wildman–Crippen LogP) is 4.98. The molecule has 3 fully saturated rings. The Morgan fingerprint density at radius 2 is 1.19 bits per heavy atom. The average Bonchev–Trinajstić information content (AvgIpc) is 2.87. The molecule has 4 bridgehead atoms. The third kappa shape index (κ3) is 2.97. The quantitative estimate of drug-likeness (QED) is 0.646. The summed E-state index contributed by atoms with van der Waals surface area (Å²) < 4.78 is 0. The fourth-order valence-corrected chi connectivity index (χ4v) is 7.17. The van der Waals surface area contributed by atoms with E-state index in [4.69, 9.17) is 0 Å². The molecule has 0 spiro atoms. The fourth-order valence-electron chi connectivity index (χ4n) is 7.17. The summed E-state index contributed by atoms with van der Waals surface area (Å²) in [6, 6.07) is 0. The van der Waals surface area contributed by atoms with Crippen LogP contribution in [0.1, 0.15) is 59.8 Å². The van der Waals surface area contributed by atoms with E-state index in [0.717, 1.165) is 23.7 Å². The van der Waals surface area contributed by atoms with Crippen LogP contribution < -0.4 is 0 Å². The van der Waals surface area contributed by atoms with Gasteiger partial charge in [0.15, 0.2) is 0 Å². The zero-order valence-electron chi connectivity index (χ0n) is 18.1. The Balaban J connectivity index is 1.16. The van der Waals surface area contributed by atoms with Gasteiger partial charge in [-0.2, -0.15) is 0 Å². The van der Waals surface area contributed by atoms with Crippen molar-refractivity contribution in [2.24, 2.45) is 34.5 Å². The standard InChI is InChI=1S/C25H40N2/c1-24(2)20-8-6-18(22(24)14-20)16-26-10-5-11-27(13-12-26)17-19-7-9-21-15-23(19)25(21,3)4/h6-7,20-23H,5,8-17H2,1-4H3/t20-,21-,22-,23-/m0/s1. The molecule has 1 aliphatic heterocycles. The van der Waals surface area contributed by atoms with Gasteiger partial charge in [0.25, 0.3) is 0 Å². The van der Waals surface area contributed by atoms with Crippen molar-refractivity contribution < 1.29 is 0 Å². The van der Waals surface area contributed by atoms with Crippen LogP contribution in [0.25, 0.3) is 0 Å². The summed E-state index contributed by atoms with van der Waals surface area (Å²) in [4.78, 5) is 5.53. The number of allylic oxidation sites excluding steroid dienone is 2. The van der Waals surface area contributed by atoms with Crippen LogP contribution in [-0.2, 0) is 0 Å². The number of hydrogen-bond acceptors (Lipinski definition) is 2. The average molecular weight is 369 g/mol. The minimum atomic E-state index is 0.572. The van der Waals surface area contributed by atoms with Gasteiger partial charge in [0, 0.05) is 26.2 Å². The summed E-state index contributed by atoms with van der Waals surface area (Å²) in [5.74, 6) is 3.67.